The first-order chi connectivity index (χ1) is 6.36. The van der Waals surface area contributed by atoms with Gasteiger partial charge in [0.2, 0.25) is 0 Å². The van der Waals surface area contributed by atoms with Crippen molar-refractivity contribution in [2.75, 3.05) is 5.75 Å². The van der Waals surface area contributed by atoms with Crippen LogP contribution in [-0.4, -0.2) is 22.2 Å². The Bertz CT molecular complexity index is 150. The fourth-order valence-corrected chi connectivity index (χ4v) is 3.49. The molecule has 2 saturated carbocycles. The lowest BCUT2D eigenvalue weighted by atomic mass is 10.0. The van der Waals surface area contributed by atoms with Crippen LogP contribution >= 0.6 is 11.8 Å². The van der Waals surface area contributed by atoms with Crippen LogP contribution in [0, 0.1) is 5.92 Å². The highest BCUT2D eigenvalue weighted by atomic mass is 32.2. The first kappa shape index (κ1) is 9.85. The summed E-state index contributed by atoms with van der Waals surface area (Å²) < 4.78 is 0. The predicted molar refractivity (Wildman–Crippen MR) is 58.1 cm³/mol. The Morgan fingerprint density at radius 1 is 1.08 bits per heavy atom. The van der Waals surface area contributed by atoms with Crippen LogP contribution in [-0.2, 0) is 0 Å². The van der Waals surface area contributed by atoms with Crippen molar-refractivity contribution in [1.82, 2.24) is 0 Å². The highest BCUT2D eigenvalue weighted by molar-refractivity contribution is 7.99. The van der Waals surface area contributed by atoms with Gasteiger partial charge in [0, 0.05) is 11.0 Å². The minimum atomic E-state index is 0.00641. The summed E-state index contributed by atoms with van der Waals surface area (Å²) in [5.74, 6) is 1.66. The first-order valence-electron chi connectivity index (χ1n) is 5.66. The fourth-order valence-electron chi connectivity index (χ4n) is 2.08. The van der Waals surface area contributed by atoms with Gasteiger partial charge in [-0.15, -0.1) is 0 Å². The van der Waals surface area contributed by atoms with Crippen LogP contribution in [0.5, 0.6) is 0 Å². The van der Waals surface area contributed by atoms with Gasteiger partial charge in [-0.3, -0.25) is 0 Å². The van der Waals surface area contributed by atoms with Gasteiger partial charge >= 0.3 is 0 Å². The van der Waals surface area contributed by atoms with Crippen LogP contribution in [0.1, 0.15) is 44.9 Å². The lowest BCUT2D eigenvalue weighted by Crippen LogP contribution is -2.17. The van der Waals surface area contributed by atoms with E-state index in [1.807, 2.05) is 11.8 Å². The first-order valence-corrected chi connectivity index (χ1v) is 6.71. The third-order valence-corrected chi connectivity index (χ3v) is 4.70. The highest BCUT2D eigenvalue weighted by Crippen LogP contribution is 2.36. The summed E-state index contributed by atoms with van der Waals surface area (Å²) in [7, 11) is 0. The summed E-state index contributed by atoms with van der Waals surface area (Å²) in [4.78, 5) is 0. The Morgan fingerprint density at radius 2 is 1.77 bits per heavy atom. The maximum Gasteiger partial charge on any atom is 0.0658 e. The van der Waals surface area contributed by atoms with E-state index >= 15 is 0 Å². The van der Waals surface area contributed by atoms with Crippen LogP contribution in [0.2, 0.25) is 0 Å². The quantitative estimate of drug-likeness (QED) is 0.753. The van der Waals surface area contributed by atoms with Crippen LogP contribution in [0.15, 0.2) is 0 Å². The third-order valence-electron chi connectivity index (χ3n) is 3.22. The lowest BCUT2D eigenvalue weighted by Gasteiger charge is -2.22. The van der Waals surface area contributed by atoms with Crippen molar-refractivity contribution in [2.24, 2.45) is 5.92 Å². The number of aliphatic hydroxyl groups is 1. The molecule has 76 valence electrons. The van der Waals surface area contributed by atoms with Crippen molar-refractivity contribution in [3.05, 3.63) is 0 Å². The summed E-state index contributed by atoms with van der Waals surface area (Å²) >= 11 is 2.02. The largest absolute Gasteiger partial charge is 0.392 e. The SMILES string of the molecule is OC(CSC1CCCCC1)C1CC1. The van der Waals surface area contributed by atoms with E-state index in [0.29, 0.717) is 5.92 Å². The van der Waals surface area contributed by atoms with Gasteiger partial charge in [0.25, 0.3) is 0 Å². The molecule has 1 N–H and O–H groups in total. The Balaban J connectivity index is 1.60. The Morgan fingerprint density at radius 3 is 2.38 bits per heavy atom. The average molecular weight is 200 g/mol. The van der Waals surface area contributed by atoms with E-state index in [1.165, 1.54) is 44.9 Å². The van der Waals surface area contributed by atoms with E-state index in [2.05, 4.69) is 0 Å². The van der Waals surface area contributed by atoms with Crippen molar-refractivity contribution < 1.29 is 5.11 Å². The normalized spacial score (nSPS) is 27.5. The van der Waals surface area contributed by atoms with Crippen LogP contribution in [0.3, 0.4) is 0 Å². The average Bonchev–Trinajstić information content (AvgIpc) is 2.99. The van der Waals surface area contributed by atoms with Gasteiger partial charge in [-0.2, -0.15) is 11.8 Å². The van der Waals surface area contributed by atoms with Gasteiger partial charge in [0.05, 0.1) is 6.10 Å². The summed E-state index contributed by atoms with van der Waals surface area (Å²) in [5, 5.41) is 10.6. The molecule has 0 aromatic carbocycles. The molecular formula is C11H20OS. The Kier molecular flexibility index (Phi) is 3.56. The number of thioether (sulfide) groups is 1. The molecular weight excluding hydrogens is 180 g/mol. The zero-order chi connectivity index (χ0) is 9.10. The second kappa shape index (κ2) is 4.70. The van der Waals surface area contributed by atoms with E-state index < -0.39 is 0 Å². The van der Waals surface area contributed by atoms with Gasteiger partial charge in [0.15, 0.2) is 0 Å². The molecule has 0 spiro atoms. The third kappa shape index (κ3) is 3.17. The molecule has 2 aliphatic rings. The smallest absolute Gasteiger partial charge is 0.0658 e. The van der Waals surface area contributed by atoms with Gasteiger partial charge < -0.3 is 5.11 Å². The second-order valence-electron chi connectivity index (χ2n) is 4.50. The van der Waals surface area contributed by atoms with Crippen LogP contribution < -0.4 is 0 Å². The molecule has 0 amide bonds. The number of hydrogen-bond donors (Lipinski definition) is 1. The maximum absolute atomic E-state index is 9.70. The van der Waals surface area contributed by atoms with Crippen molar-refractivity contribution in [3.63, 3.8) is 0 Å². The molecule has 0 heterocycles. The molecule has 1 unspecified atom stereocenters. The standard InChI is InChI=1S/C11H20OS/c12-11(9-6-7-9)8-13-10-4-2-1-3-5-10/h9-12H,1-8H2. The molecule has 0 aromatic heterocycles. The van der Waals surface area contributed by atoms with Gasteiger partial charge in [-0.25, -0.2) is 0 Å². The fraction of sp³-hybridized carbons (Fsp3) is 1.00. The topological polar surface area (TPSA) is 20.2 Å². The van der Waals surface area contributed by atoms with Gasteiger partial charge in [-0.05, 0) is 31.6 Å². The van der Waals surface area contributed by atoms with Gasteiger partial charge in [-0.1, -0.05) is 19.3 Å². The zero-order valence-electron chi connectivity index (χ0n) is 8.24. The molecule has 2 aliphatic carbocycles. The van der Waals surface area contributed by atoms with Crippen molar-refractivity contribution in [2.45, 2.75) is 56.3 Å². The minimum Gasteiger partial charge on any atom is -0.392 e. The van der Waals surface area contributed by atoms with E-state index in [4.69, 9.17) is 0 Å². The molecule has 2 heteroatoms. The van der Waals surface area contributed by atoms with Crippen molar-refractivity contribution in [3.8, 4) is 0 Å². The molecule has 13 heavy (non-hydrogen) atoms. The van der Waals surface area contributed by atoms with E-state index in [0.717, 1.165) is 11.0 Å². The predicted octanol–water partition coefficient (Wildman–Crippen LogP) is 2.82. The molecule has 1 atom stereocenters. The van der Waals surface area contributed by atoms with Crippen LogP contribution in [0.4, 0.5) is 0 Å². The number of rotatable bonds is 4. The molecule has 0 radical (unpaired) electrons. The zero-order valence-corrected chi connectivity index (χ0v) is 9.06. The number of aliphatic hydroxyl groups excluding tert-OH is 1. The monoisotopic (exact) mass is 200 g/mol. The molecule has 0 bridgehead atoms. The molecule has 2 rings (SSSR count). The number of hydrogen-bond acceptors (Lipinski definition) is 2. The summed E-state index contributed by atoms with van der Waals surface area (Å²) in [6.07, 6.45) is 9.59. The van der Waals surface area contributed by atoms with Gasteiger partial charge in [0.1, 0.15) is 0 Å². The summed E-state index contributed by atoms with van der Waals surface area (Å²) in [6, 6.07) is 0. The van der Waals surface area contributed by atoms with E-state index in [1.54, 1.807) is 0 Å². The van der Waals surface area contributed by atoms with Crippen molar-refractivity contribution >= 4 is 11.8 Å². The summed E-state index contributed by atoms with van der Waals surface area (Å²) in [6.45, 7) is 0. The summed E-state index contributed by atoms with van der Waals surface area (Å²) in [5.41, 5.74) is 0. The molecule has 1 nitrogen and oxygen atoms in total. The van der Waals surface area contributed by atoms with Crippen molar-refractivity contribution in [1.29, 1.82) is 0 Å². The van der Waals surface area contributed by atoms with Crippen LogP contribution in [0.25, 0.3) is 0 Å². The Hall–Kier alpha value is 0.310. The maximum atomic E-state index is 9.70. The Labute approximate surface area is 85.3 Å². The van der Waals surface area contributed by atoms with E-state index in [-0.39, 0.29) is 6.10 Å². The molecule has 2 fully saturated rings. The minimum absolute atomic E-state index is 0.00641. The molecule has 0 aliphatic heterocycles. The second-order valence-corrected chi connectivity index (χ2v) is 5.83. The lowest BCUT2D eigenvalue weighted by molar-refractivity contribution is 0.176. The molecule has 0 aromatic rings. The highest BCUT2D eigenvalue weighted by Gasteiger charge is 2.30. The molecule has 0 saturated heterocycles. The van der Waals surface area contributed by atoms with E-state index in [9.17, 15) is 5.11 Å².